The van der Waals surface area contributed by atoms with Gasteiger partial charge in [-0.25, -0.2) is 0 Å². The molecule has 0 unspecified atom stereocenters. The Labute approximate surface area is 74.7 Å². The van der Waals surface area contributed by atoms with Crippen molar-refractivity contribution < 1.29 is 9.53 Å². The fourth-order valence-electron chi connectivity index (χ4n) is 0.997. The van der Waals surface area contributed by atoms with Gasteiger partial charge in [0.1, 0.15) is 5.56 Å². The fraction of sp³-hybridized carbons (Fsp3) is 0.250. The van der Waals surface area contributed by atoms with E-state index in [2.05, 4.69) is 0 Å². The summed E-state index contributed by atoms with van der Waals surface area (Å²) in [5.74, 6) is -0.640. The van der Waals surface area contributed by atoms with Gasteiger partial charge in [-0.2, -0.15) is 0 Å². The van der Waals surface area contributed by atoms with E-state index in [1.165, 1.54) is 19.5 Å². The van der Waals surface area contributed by atoms with Crippen LogP contribution in [0.5, 0.6) is 5.75 Å². The third kappa shape index (κ3) is 1.69. The summed E-state index contributed by atoms with van der Waals surface area (Å²) in [5.41, 5.74) is 4.45. The van der Waals surface area contributed by atoms with Gasteiger partial charge >= 0.3 is 0 Å². The van der Waals surface area contributed by atoms with Crippen LogP contribution in [0.3, 0.4) is 0 Å². The number of nitrogens with two attached hydrogens (primary N) is 1. The van der Waals surface area contributed by atoms with Crippen molar-refractivity contribution in [1.29, 1.82) is 0 Å². The van der Waals surface area contributed by atoms with Crippen molar-refractivity contribution in [2.75, 3.05) is 7.11 Å². The molecular formula is C8H10N2O3. The number of aryl methyl sites for hydroxylation is 1. The number of ether oxygens (including phenoxy) is 1. The molecule has 0 aliphatic rings. The Morgan fingerprint density at radius 3 is 2.62 bits per heavy atom. The lowest BCUT2D eigenvalue weighted by atomic mass is 10.2. The van der Waals surface area contributed by atoms with Crippen LogP contribution >= 0.6 is 0 Å². The zero-order chi connectivity index (χ0) is 10.0. The molecule has 0 fully saturated rings. The minimum absolute atomic E-state index is 0.0677. The fourth-order valence-corrected chi connectivity index (χ4v) is 0.997. The van der Waals surface area contributed by atoms with Crippen molar-refractivity contribution in [3.8, 4) is 5.75 Å². The van der Waals surface area contributed by atoms with Gasteiger partial charge in [0.25, 0.3) is 5.91 Å². The smallest absolute Gasteiger partial charge is 0.254 e. The highest BCUT2D eigenvalue weighted by Gasteiger charge is 2.10. The van der Waals surface area contributed by atoms with Crippen molar-refractivity contribution in [3.63, 3.8) is 0 Å². The first-order chi connectivity index (χ1) is 6.06. The van der Waals surface area contributed by atoms with E-state index in [0.717, 1.165) is 0 Å². The van der Waals surface area contributed by atoms with Crippen molar-refractivity contribution in [2.45, 2.75) is 0 Å². The SMILES string of the molecule is COc1cn(C)cc(C(N)=O)c1=O. The van der Waals surface area contributed by atoms with Gasteiger partial charge < -0.3 is 15.0 Å². The molecule has 70 valence electrons. The summed E-state index contributed by atoms with van der Waals surface area (Å²) >= 11 is 0. The number of rotatable bonds is 2. The predicted molar refractivity (Wildman–Crippen MR) is 46.8 cm³/mol. The van der Waals surface area contributed by atoms with Crippen LogP contribution in [0.2, 0.25) is 0 Å². The third-order valence-corrected chi connectivity index (χ3v) is 1.61. The number of hydrogen-bond donors (Lipinski definition) is 1. The number of nitrogens with zero attached hydrogens (tertiary/aromatic N) is 1. The summed E-state index contributed by atoms with van der Waals surface area (Å²) in [5, 5.41) is 0. The summed E-state index contributed by atoms with van der Waals surface area (Å²) in [6, 6.07) is 0. The van der Waals surface area contributed by atoms with Gasteiger partial charge in [0.05, 0.1) is 7.11 Å². The number of aromatic nitrogens is 1. The summed E-state index contributed by atoms with van der Waals surface area (Å²) in [6.45, 7) is 0. The van der Waals surface area contributed by atoms with Crippen LogP contribution in [0, 0.1) is 0 Å². The lowest BCUT2D eigenvalue weighted by Crippen LogP contribution is -2.23. The molecule has 0 atom stereocenters. The molecule has 5 nitrogen and oxygen atoms in total. The second-order valence-electron chi connectivity index (χ2n) is 2.60. The van der Waals surface area contributed by atoms with Crippen molar-refractivity contribution >= 4 is 5.91 Å². The normalized spacial score (nSPS) is 9.69. The van der Waals surface area contributed by atoms with Gasteiger partial charge in [-0.3, -0.25) is 9.59 Å². The first-order valence-electron chi connectivity index (χ1n) is 3.60. The molecule has 2 N–H and O–H groups in total. The molecule has 1 aromatic heterocycles. The van der Waals surface area contributed by atoms with Gasteiger partial charge in [-0.1, -0.05) is 0 Å². The number of amides is 1. The highest BCUT2D eigenvalue weighted by molar-refractivity contribution is 5.92. The van der Waals surface area contributed by atoms with Crippen LogP contribution in [0.1, 0.15) is 10.4 Å². The number of carbonyl (C=O) groups is 1. The molecule has 1 rings (SSSR count). The predicted octanol–water partition coefficient (Wildman–Crippen LogP) is -0.507. The molecule has 1 amide bonds. The Morgan fingerprint density at radius 1 is 1.54 bits per heavy atom. The topological polar surface area (TPSA) is 74.3 Å². The maximum Gasteiger partial charge on any atom is 0.254 e. The molecule has 0 aliphatic heterocycles. The molecular weight excluding hydrogens is 172 g/mol. The van der Waals surface area contributed by atoms with E-state index in [1.807, 2.05) is 0 Å². The minimum Gasteiger partial charge on any atom is -0.491 e. The van der Waals surface area contributed by atoms with E-state index >= 15 is 0 Å². The zero-order valence-corrected chi connectivity index (χ0v) is 7.40. The highest BCUT2D eigenvalue weighted by Crippen LogP contribution is 2.02. The van der Waals surface area contributed by atoms with Crippen molar-refractivity contribution in [2.24, 2.45) is 12.8 Å². The molecule has 0 aromatic carbocycles. The average Bonchev–Trinajstić information content (AvgIpc) is 2.08. The Balaban J connectivity index is 3.45. The quantitative estimate of drug-likeness (QED) is 0.669. The molecule has 1 aromatic rings. The van der Waals surface area contributed by atoms with Gasteiger partial charge in [0, 0.05) is 19.4 Å². The standard InChI is InChI=1S/C8H10N2O3/c1-10-3-5(8(9)12)7(11)6(4-10)13-2/h3-4H,1-2H3,(H2,9,12). The Kier molecular flexibility index (Phi) is 2.36. The highest BCUT2D eigenvalue weighted by atomic mass is 16.5. The van der Waals surface area contributed by atoms with Crippen molar-refractivity contribution in [3.05, 3.63) is 28.2 Å². The van der Waals surface area contributed by atoms with Crippen LogP contribution < -0.4 is 15.9 Å². The van der Waals surface area contributed by atoms with Crippen LogP contribution in [-0.4, -0.2) is 17.6 Å². The molecule has 1 heterocycles. The Bertz CT molecular complexity index is 395. The first kappa shape index (κ1) is 9.31. The molecule has 0 spiro atoms. The van der Waals surface area contributed by atoms with Crippen molar-refractivity contribution in [1.82, 2.24) is 4.57 Å². The number of methoxy groups -OCH3 is 1. The Hall–Kier alpha value is -1.78. The molecule has 5 heteroatoms. The van der Waals surface area contributed by atoms with E-state index in [9.17, 15) is 9.59 Å². The lowest BCUT2D eigenvalue weighted by molar-refractivity contribution is 0.0998. The monoisotopic (exact) mass is 182 g/mol. The van der Waals surface area contributed by atoms with Crippen LogP contribution in [0.4, 0.5) is 0 Å². The second kappa shape index (κ2) is 3.30. The largest absolute Gasteiger partial charge is 0.491 e. The maximum atomic E-state index is 11.4. The Morgan fingerprint density at radius 2 is 2.15 bits per heavy atom. The van der Waals surface area contributed by atoms with Gasteiger partial charge in [0.2, 0.25) is 5.43 Å². The second-order valence-corrected chi connectivity index (χ2v) is 2.60. The van der Waals surface area contributed by atoms with E-state index in [0.29, 0.717) is 0 Å². The van der Waals surface area contributed by atoms with Gasteiger partial charge in [0.15, 0.2) is 5.75 Å². The van der Waals surface area contributed by atoms with E-state index in [4.69, 9.17) is 10.5 Å². The van der Waals surface area contributed by atoms with E-state index in [1.54, 1.807) is 11.6 Å². The summed E-state index contributed by atoms with van der Waals surface area (Å²) < 4.78 is 6.32. The van der Waals surface area contributed by atoms with Gasteiger partial charge in [-0.15, -0.1) is 0 Å². The van der Waals surface area contributed by atoms with Crippen LogP contribution in [-0.2, 0) is 7.05 Å². The third-order valence-electron chi connectivity index (χ3n) is 1.61. The minimum atomic E-state index is -0.750. The summed E-state index contributed by atoms with van der Waals surface area (Å²) in [7, 11) is 3.04. The summed E-state index contributed by atoms with van der Waals surface area (Å²) in [4.78, 5) is 22.1. The average molecular weight is 182 g/mol. The van der Waals surface area contributed by atoms with Crippen LogP contribution in [0.25, 0.3) is 0 Å². The molecule has 0 saturated heterocycles. The number of pyridine rings is 1. The molecule has 0 aliphatic carbocycles. The maximum absolute atomic E-state index is 11.4. The summed E-state index contributed by atoms with van der Waals surface area (Å²) in [6.07, 6.45) is 2.85. The van der Waals surface area contributed by atoms with E-state index in [-0.39, 0.29) is 11.3 Å². The first-order valence-corrected chi connectivity index (χ1v) is 3.60. The molecule has 0 radical (unpaired) electrons. The number of hydrogen-bond acceptors (Lipinski definition) is 3. The van der Waals surface area contributed by atoms with Crippen LogP contribution in [0.15, 0.2) is 17.2 Å². The van der Waals surface area contributed by atoms with E-state index < -0.39 is 11.3 Å². The number of primary amides is 1. The molecule has 0 saturated carbocycles. The van der Waals surface area contributed by atoms with Gasteiger partial charge in [-0.05, 0) is 0 Å². The molecule has 0 bridgehead atoms. The molecule has 13 heavy (non-hydrogen) atoms. The number of carbonyl (C=O) groups excluding carboxylic acids is 1. The zero-order valence-electron chi connectivity index (χ0n) is 7.40. The lowest BCUT2D eigenvalue weighted by Gasteiger charge is -2.04.